The number of ether oxygens (including phenoxy) is 1. The first-order chi connectivity index (χ1) is 16.5. The van der Waals surface area contributed by atoms with Gasteiger partial charge in [-0.25, -0.2) is 18.7 Å². The second kappa shape index (κ2) is 9.49. The predicted molar refractivity (Wildman–Crippen MR) is 123 cm³/mol. The number of nitrogens with zero attached hydrogens (tertiary/aromatic N) is 4. The summed E-state index contributed by atoms with van der Waals surface area (Å²) < 4.78 is 36.1. The number of primary amides is 1. The van der Waals surface area contributed by atoms with Crippen molar-refractivity contribution in [3.63, 3.8) is 0 Å². The minimum absolute atomic E-state index is 0.0660. The molecule has 1 aliphatic carbocycles. The van der Waals surface area contributed by atoms with E-state index in [0.717, 1.165) is 12.8 Å². The molecular weight excluding hydrogens is 444 g/mol. The highest BCUT2D eigenvalue weighted by Gasteiger charge is 2.29. The first-order valence-corrected chi connectivity index (χ1v) is 11.6. The summed E-state index contributed by atoms with van der Waals surface area (Å²) in [6, 6.07) is 3.82. The van der Waals surface area contributed by atoms with E-state index in [2.05, 4.69) is 20.6 Å². The van der Waals surface area contributed by atoms with Crippen molar-refractivity contribution in [3.05, 3.63) is 36.0 Å². The van der Waals surface area contributed by atoms with Crippen molar-refractivity contribution in [3.8, 4) is 0 Å². The molecule has 5 rings (SSSR count). The topological polar surface area (TPSA) is 120 Å². The number of hydrogen-bond donors (Lipinski definition) is 3. The molecule has 0 atom stereocenters. The fraction of sp³-hybridized carbons (Fsp3) is 0.478. The number of amides is 1. The summed E-state index contributed by atoms with van der Waals surface area (Å²) in [5, 5.41) is 6.19. The minimum atomic E-state index is -0.719. The monoisotopic (exact) mass is 471 g/mol. The third-order valence-corrected chi connectivity index (χ3v) is 6.65. The van der Waals surface area contributed by atoms with Gasteiger partial charge in [-0.2, -0.15) is 4.98 Å². The van der Waals surface area contributed by atoms with Gasteiger partial charge < -0.3 is 21.1 Å². The highest BCUT2D eigenvalue weighted by atomic mass is 19.1. The number of nitrogens with one attached hydrogen (secondary N) is 2. The summed E-state index contributed by atoms with van der Waals surface area (Å²) in [6.45, 7) is 1.37. The van der Waals surface area contributed by atoms with Gasteiger partial charge in [0.1, 0.15) is 22.8 Å². The lowest BCUT2D eigenvalue weighted by molar-refractivity contribution is -0.122. The lowest BCUT2D eigenvalue weighted by Crippen LogP contribution is -2.29. The molecule has 3 aromatic rings. The molecule has 0 unspecified atom stereocenters. The number of carbonyl (C=O) groups is 1. The maximum atomic E-state index is 14.4. The molecule has 3 heterocycles. The van der Waals surface area contributed by atoms with Crippen LogP contribution in [0.1, 0.15) is 44.6 Å². The van der Waals surface area contributed by atoms with Gasteiger partial charge in [-0.05, 0) is 50.7 Å². The largest absolute Gasteiger partial charge is 0.381 e. The van der Waals surface area contributed by atoms with Gasteiger partial charge in [-0.3, -0.25) is 9.36 Å². The van der Waals surface area contributed by atoms with E-state index in [1.54, 1.807) is 6.20 Å². The number of rotatable bonds is 6. The first kappa shape index (κ1) is 22.5. The first-order valence-electron chi connectivity index (χ1n) is 11.6. The van der Waals surface area contributed by atoms with Gasteiger partial charge in [0.15, 0.2) is 5.65 Å². The Balaban J connectivity index is 1.52. The van der Waals surface area contributed by atoms with Crippen molar-refractivity contribution in [1.29, 1.82) is 0 Å². The van der Waals surface area contributed by atoms with E-state index in [1.807, 2.05) is 4.57 Å². The number of halogens is 2. The number of imidazole rings is 1. The zero-order chi connectivity index (χ0) is 23.7. The average molecular weight is 472 g/mol. The van der Waals surface area contributed by atoms with Gasteiger partial charge in [0, 0.05) is 31.2 Å². The van der Waals surface area contributed by atoms with E-state index in [0.29, 0.717) is 56.0 Å². The molecule has 11 heteroatoms. The molecule has 0 spiro atoms. The smallest absolute Gasteiger partial charge is 0.224 e. The Bertz CT molecular complexity index is 1170. The van der Waals surface area contributed by atoms with Gasteiger partial charge >= 0.3 is 0 Å². The standard InChI is InChI=1S/C23H27F2N7O2/c24-16-2-1-3-17(25)19(16)30-23-29-18-12-27-22(28-14-8-10-34-11-9-14)31-21(18)32(23)15-6-4-13(5-7-15)20(26)33/h1-3,12-15H,4-11H2,(H2,26,33)(H,29,30)(H,27,28,31)/t13-,15-. The Labute approximate surface area is 195 Å². The Kier molecular flexibility index (Phi) is 6.27. The Morgan fingerprint density at radius 1 is 1.06 bits per heavy atom. The van der Waals surface area contributed by atoms with E-state index in [1.165, 1.54) is 18.2 Å². The second-order valence-electron chi connectivity index (χ2n) is 8.87. The molecule has 1 aliphatic heterocycles. The highest BCUT2D eigenvalue weighted by molar-refractivity contribution is 5.78. The number of para-hydroxylation sites is 1. The maximum Gasteiger partial charge on any atom is 0.224 e. The van der Waals surface area contributed by atoms with Crippen LogP contribution in [0.2, 0.25) is 0 Å². The van der Waals surface area contributed by atoms with E-state index in [9.17, 15) is 13.6 Å². The normalized spacial score (nSPS) is 21.5. The number of carbonyl (C=O) groups excluding carboxylic acids is 1. The molecule has 1 saturated heterocycles. The van der Waals surface area contributed by atoms with Gasteiger partial charge in [0.05, 0.1) is 6.20 Å². The molecule has 34 heavy (non-hydrogen) atoms. The number of anilines is 3. The number of aromatic nitrogens is 4. The van der Waals surface area contributed by atoms with Crippen LogP contribution in [0.3, 0.4) is 0 Å². The minimum Gasteiger partial charge on any atom is -0.381 e. The van der Waals surface area contributed by atoms with Crippen molar-refractivity contribution < 1.29 is 18.3 Å². The second-order valence-corrected chi connectivity index (χ2v) is 8.87. The molecular formula is C23H27F2N7O2. The average Bonchev–Trinajstić information content (AvgIpc) is 3.19. The zero-order valence-electron chi connectivity index (χ0n) is 18.6. The summed E-state index contributed by atoms with van der Waals surface area (Å²) in [6.07, 6.45) is 5.92. The fourth-order valence-corrected chi connectivity index (χ4v) is 4.77. The predicted octanol–water partition coefficient (Wildman–Crippen LogP) is 3.66. The molecule has 2 aliphatic rings. The molecule has 9 nitrogen and oxygen atoms in total. The molecule has 1 saturated carbocycles. The van der Waals surface area contributed by atoms with E-state index in [4.69, 9.17) is 15.5 Å². The SMILES string of the molecule is NC(=O)[C@H]1CC[C@H](n2c(Nc3c(F)cccc3F)nc3cnc(NC4CCOCC4)nc32)CC1. The van der Waals surface area contributed by atoms with Gasteiger partial charge in [-0.15, -0.1) is 0 Å². The van der Waals surface area contributed by atoms with Crippen LogP contribution in [-0.2, 0) is 9.53 Å². The van der Waals surface area contributed by atoms with E-state index < -0.39 is 11.6 Å². The fourth-order valence-electron chi connectivity index (χ4n) is 4.77. The molecule has 2 fully saturated rings. The third kappa shape index (κ3) is 4.52. The Morgan fingerprint density at radius 3 is 2.44 bits per heavy atom. The summed E-state index contributed by atoms with van der Waals surface area (Å²) in [4.78, 5) is 25.3. The van der Waals surface area contributed by atoms with Gasteiger partial charge in [0.25, 0.3) is 0 Å². The molecule has 0 bridgehead atoms. The third-order valence-electron chi connectivity index (χ3n) is 6.65. The van der Waals surface area contributed by atoms with Gasteiger partial charge in [0.2, 0.25) is 17.8 Å². The van der Waals surface area contributed by atoms with Crippen LogP contribution in [0.25, 0.3) is 11.2 Å². The lowest BCUT2D eigenvalue weighted by Gasteiger charge is -2.29. The van der Waals surface area contributed by atoms with Crippen molar-refractivity contribution in [2.45, 2.75) is 50.6 Å². The zero-order valence-corrected chi connectivity index (χ0v) is 18.6. The van der Waals surface area contributed by atoms with Crippen LogP contribution in [-0.4, -0.2) is 44.7 Å². The molecule has 4 N–H and O–H groups in total. The summed E-state index contributed by atoms with van der Waals surface area (Å²) in [5.74, 6) is -1.17. The Hall–Kier alpha value is -3.34. The van der Waals surface area contributed by atoms with Crippen molar-refractivity contribution in [2.24, 2.45) is 11.7 Å². The number of fused-ring (bicyclic) bond motifs is 1. The lowest BCUT2D eigenvalue weighted by atomic mass is 9.85. The summed E-state index contributed by atoms with van der Waals surface area (Å²) >= 11 is 0. The van der Waals surface area contributed by atoms with Crippen molar-refractivity contribution in [1.82, 2.24) is 19.5 Å². The van der Waals surface area contributed by atoms with Crippen LogP contribution in [0.15, 0.2) is 24.4 Å². The summed E-state index contributed by atoms with van der Waals surface area (Å²) in [7, 11) is 0. The maximum absolute atomic E-state index is 14.4. The molecule has 0 radical (unpaired) electrons. The number of hydrogen-bond acceptors (Lipinski definition) is 7. The molecule has 2 aromatic heterocycles. The van der Waals surface area contributed by atoms with E-state index in [-0.39, 0.29) is 35.5 Å². The summed E-state index contributed by atoms with van der Waals surface area (Å²) in [5.41, 5.74) is 6.29. The van der Waals surface area contributed by atoms with Gasteiger partial charge in [-0.1, -0.05) is 6.07 Å². The van der Waals surface area contributed by atoms with Crippen LogP contribution >= 0.6 is 0 Å². The van der Waals surface area contributed by atoms with Crippen molar-refractivity contribution in [2.75, 3.05) is 23.8 Å². The number of benzene rings is 1. The molecule has 180 valence electrons. The van der Waals surface area contributed by atoms with Crippen LogP contribution in [0.5, 0.6) is 0 Å². The molecule has 1 aromatic carbocycles. The Morgan fingerprint density at radius 2 is 1.76 bits per heavy atom. The van der Waals surface area contributed by atoms with Crippen LogP contribution in [0, 0.1) is 17.6 Å². The van der Waals surface area contributed by atoms with E-state index >= 15 is 0 Å². The van der Waals surface area contributed by atoms with Crippen LogP contribution < -0.4 is 16.4 Å². The quantitative estimate of drug-likeness (QED) is 0.502. The van der Waals surface area contributed by atoms with Crippen LogP contribution in [0.4, 0.5) is 26.4 Å². The van der Waals surface area contributed by atoms with Crippen molar-refractivity contribution >= 4 is 34.7 Å². The molecule has 1 amide bonds. The number of nitrogens with two attached hydrogens (primary N) is 1. The highest BCUT2D eigenvalue weighted by Crippen LogP contribution is 2.37.